The molecule has 0 unspecified atom stereocenters. The standard InChI is InChI=1S/C15H24N2O4S/c1-11(2)10-16-15(19)14-9-13(6-5-12(14)3)22(20,21)17-7-4-8-18/h5-6,9,11,17-18H,4,7-8,10H2,1-3H3,(H,16,19). The van der Waals surface area contributed by atoms with Gasteiger partial charge >= 0.3 is 0 Å². The number of hydrogen-bond donors (Lipinski definition) is 3. The van der Waals surface area contributed by atoms with Crippen LogP contribution in [0.25, 0.3) is 0 Å². The summed E-state index contributed by atoms with van der Waals surface area (Å²) in [5, 5.41) is 11.5. The van der Waals surface area contributed by atoms with Gasteiger partial charge in [0.25, 0.3) is 5.91 Å². The van der Waals surface area contributed by atoms with Gasteiger partial charge in [-0.3, -0.25) is 4.79 Å². The molecule has 22 heavy (non-hydrogen) atoms. The lowest BCUT2D eigenvalue weighted by molar-refractivity contribution is 0.0948. The van der Waals surface area contributed by atoms with Crippen molar-refractivity contribution in [3.63, 3.8) is 0 Å². The minimum atomic E-state index is -3.68. The molecule has 0 fully saturated rings. The number of aliphatic hydroxyl groups excluding tert-OH is 1. The number of hydrogen-bond acceptors (Lipinski definition) is 4. The molecule has 0 spiro atoms. The lowest BCUT2D eigenvalue weighted by Gasteiger charge is -2.12. The van der Waals surface area contributed by atoms with Gasteiger partial charge in [-0.25, -0.2) is 13.1 Å². The topological polar surface area (TPSA) is 95.5 Å². The van der Waals surface area contributed by atoms with Crippen molar-refractivity contribution in [3.05, 3.63) is 29.3 Å². The first-order chi connectivity index (χ1) is 10.3. The summed E-state index contributed by atoms with van der Waals surface area (Å²) in [6.07, 6.45) is 0.340. The fraction of sp³-hybridized carbons (Fsp3) is 0.533. The smallest absolute Gasteiger partial charge is 0.251 e. The fourth-order valence-corrected chi connectivity index (χ4v) is 2.87. The second-order valence-electron chi connectivity index (χ2n) is 5.56. The highest BCUT2D eigenvalue weighted by molar-refractivity contribution is 7.89. The Kier molecular flexibility index (Phi) is 6.99. The molecule has 0 radical (unpaired) electrons. The van der Waals surface area contributed by atoms with E-state index in [2.05, 4.69) is 10.0 Å². The summed E-state index contributed by atoms with van der Waals surface area (Å²) in [4.78, 5) is 12.2. The van der Waals surface area contributed by atoms with E-state index in [-0.39, 0.29) is 24.0 Å². The molecule has 1 aromatic carbocycles. The number of carbonyl (C=O) groups is 1. The van der Waals surface area contributed by atoms with Gasteiger partial charge in [0, 0.05) is 25.3 Å². The Bertz CT molecular complexity index is 612. The van der Waals surface area contributed by atoms with Gasteiger partial charge in [-0.15, -0.1) is 0 Å². The summed E-state index contributed by atoms with van der Waals surface area (Å²) >= 11 is 0. The van der Waals surface area contributed by atoms with E-state index >= 15 is 0 Å². The number of carbonyl (C=O) groups excluding carboxylic acids is 1. The zero-order chi connectivity index (χ0) is 16.8. The van der Waals surface area contributed by atoms with E-state index in [1.54, 1.807) is 13.0 Å². The summed E-state index contributed by atoms with van der Waals surface area (Å²) in [5.41, 5.74) is 1.07. The van der Waals surface area contributed by atoms with Gasteiger partial charge in [-0.2, -0.15) is 0 Å². The Morgan fingerprint density at radius 3 is 2.59 bits per heavy atom. The molecule has 0 aromatic heterocycles. The molecule has 124 valence electrons. The van der Waals surface area contributed by atoms with Crippen molar-refractivity contribution < 1.29 is 18.3 Å². The number of amides is 1. The largest absolute Gasteiger partial charge is 0.396 e. The summed E-state index contributed by atoms with van der Waals surface area (Å²) in [6.45, 7) is 6.34. The van der Waals surface area contributed by atoms with Crippen LogP contribution in [0.3, 0.4) is 0 Å². The van der Waals surface area contributed by atoms with E-state index in [0.717, 1.165) is 5.56 Å². The molecule has 1 aromatic rings. The lowest BCUT2D eigenvalue weighted by atomic mass is 10.1. The summed E-state index contributed by atoms with van der Waals surface area (Å²) in [7, 11) is -3.68. The van der Waals surface area contributed by atoms with E-state index in [9.17, 15) is 13.2 Å². The van der Waals surface area contributed by atoms with Gasteiger partial charge in [0.15, 0.2) is 0 Å². The quantitative estimate of drug-likeness (QED) is 0.621. The maximum Gasteiger partial charge on any atom is 0.251 e. The highest BCUT2D eigenvalue weighted by atomic mass is 32.2. The van der Waals surface area contributed by atoms with Crippen molar-refractivity contribution in [2.75, 3.05) is 19.7 Å². The molecule has 0 bridgehead atoms. The predicted octanol–water partition coefficient (Wildman–Crippen LogP) is 1.04. The molecule has 0 saturated carbocycles. The molecule has 1 rings (SSSR count). The van der Waals surface area contributed by atoms with Crippen LogP contribution in [0.4, 0.5) is 0 Å². The van der Waals surface area contributed by atoms with Crippen molar-refractivity contribution in [2.45, 2.75) is 32.1 Å². The lowest BCUT2D eigenvalue weighted by Crippen LogP contribution is -2.29. The van der Waals surface area contributed by atoms with Gasteiger partial charge in [0.05, 0.1) is 4.90 Å². The third-order valence-corrected chi connectivity index (χ3v) is 4.52. The van der Waals surface area contributed by atoms with Crippen LogP contribution in [-0.2, 0) is 10.0 Å². The molecule has 0 aliphatic rings. The van der Waals surface area contributed by atoms with Gasteiger partial charge in [0.2, 0.25) is 10.0 Å². The monoisotopic (exact) mass is 328 g/mol. The average molecular weight is 328 g/mol. The van der Waals surface area contributed by atoms with Crippen LogP contribution in [0.15, 0.2) is 23.1 Å². The molecule has 1 amide bonds. The normalized spacial score (nSPS) is 11.7. The van der Waals surface area contributed by atoms with Gasteiger partial charge < -0.3 is 10.4 Å². The Balaban J connectivity index is 2.96. The van der Waals surface area contributed by atoms with Crippen molar-refractivity contribution in [3.8, 4) is 0 Å². The number of benzene rings is 1. The predicted molar refractivity (Wildman–Crippen MR) is 85.2 cm³/mol. The molecule has 0 heterocycles. The fourth-order valence-electron chi connectivity index (χ4n) is 1.77. The van der Waals surface area contributed by atoms with Crippen LogP contribution in [-0.4, -0.2) is 39.1 Å². The Morgan fingerprint density at radius 1 is 1.32 bits per heavy atom. The molecule has 7 heteroatoms. The number of aryl methyl sites for hydroxylation is 1. The van der Waals surface area contributed by atoms with Crippen LogP contribution in [0.2, 0.25) is 0 Å². The van der Waals surface area contributed by atoms with E-state index < -0.39 is 10.0 Å². The average Bonchev–Trinajstić information content (AvgIpc) is 2.45. The van der Waals surface area contributed by atoms with E-state index in [0.29, 0.717) is 24.4 Å². The third kappa shape index (κ3) is 5.40. The molecular weight excluding hydrogens is 304 g/mol. The molecule has 6 nitrogen and oxygen atoms in total. The number of nitrogens with one attached hydrogen (secondary N) is 2. The van der Waals surface area contributed by atoms with E-state index in [1.165, 1.54) is 12.1 Å². The SMILES string of the molecule is Cc1ccc(S(=O)(=O)NCCCO)cc1C(=O)NCC(C)C. The van der Waals surface area contributed by atoms with Gasteiger partial charge in [0.1, 0.15) is 0 Å². The highest BCUT2D eigenvalue weighted by Crippen LogP contribution is 2.15. The second-order valence-corrected chi connectivity index (χ2v) is 7.32. The summed E-state index contributed by atoms with van der Waals surface area (Å²) in [6, 6.07) is 4.47. The maximum absolute atomic E-state index is 12.2. The minimum Gasteiger partial charge on any atom is -0.396 e. The Hall–Kier alpha value is -1.44. The van der Waals surface area contributed by atoms with Crippen molar-refractivity contribution in [2.24, 2.45) is 5.92 Å². The molecule has 3 N–H and O–H groups in total. The van der Waals surface area contributed by atoms with Crippen LogP contribution < -0.4 is 10.0 Å². The number of sulfonamides is 1. The third-order valence-electron chi connectivity index (χ3n) is 3.06. The first-order valence-corrected chi connectivity index (χ1v) is 8.75. The zero-order valence-electron chi connectivity index (χ0n) is 13.2. The van der Waals surface area contributed by atoms with Crippen molar-refractivity contribution >= 4 is 15.9 Å². The Morgan fingerprint density at radius 2 is 2.00 bits per heavy atom. The Labute approximate surface area is 132 Å². The summed E-state index contributed by atoms with van der Waals surface area (Å²) in [5.74, 6) is 0.0370. The second kappa shape index (κ2) is 8.26. The van der Waals surface area contributed by atoms with Crippen LogP contribution in [0.1, 0.15) is 36.2 Å². The zero-order valence-corrected chi connectivity index (χ0v) is 14.0. The maximum atomic E-state index is 12.2. The first-order valence-electron chi connectivity index (χ1n) is 7.27. The number of rotatable bonds is 8. The van der Waals surface area contributed by atoms with Crippen LogP contribution >= 0.6 is 0 Å². The molecular formula is C15H24N2O4S. The molecule has 0 atom stereocenters. The van der Waals surface area contributed by atoms with Gasteiger partial charge in [-0.1, -0.05) is 19.9 Å². The van der Waals surface area contributed by atoms with E-state index in [1.807, 2.05) is 13.8 Å². The van der Waals surface area contributed by atoms with Crippen LogP contribution in [0.5, 0.6) is 0 Å². The van der Waals surface area contributed by atoms with Crippen LogP contribution in [0, 0.1) is 12.8 Å². The summed E-state index contributed by atoms with van der Waals surface area (Å²) < 4.78 is 26.7. The minimum absolute atomic E-state index is 0.0470. The number of aliphatic hydroxyl groups is 1. The van der Waals surface area contributed by atoms with Gasteiger partial charge in [-0.05, 0) is 37.0 Å². The highest BCUT2D eigenvalue weighted by Gasteiger charge is 2.17. The van der Waals surface area contributed by atoms with E-state index in [4.69, 9.17) is 5.11 Å². The first kappa shape index (κ1) is 18.6. The van der Waals surface area contributed by atoms with Crippen molar-refractivity contribution in [1.82, 2.24) is 10.0 Å². The molecule has 0 aliphatic heterocycles. The molecule has 0 saturated heterocycles. The molecule has 0 aliphatic carbocycles. The van der Waals surface area contributed by atoms with Crippen molar-refractivity contribution in [1.29, 1.82) is 0 Å².